The molecule has 1 unspecified atom stereocenters. The normalized spacial score (nSPS) is 24.3. The summed E-state index contributed by atoms with van der Waals surface area (Å²) < 4.78 is 31.3. The van der Waals surface area contributed by atoms with Crippen molar-refractivity contribution in [1.82, 2.24) is 19.6 Å². The molecule has 0 bridgehead atoms. The Bertz CT molecular complexity index is 1120. The lowest BCUT2D eigenvalue weighted by Gasteiger charge is -2.56. The second-order valence-corrected chi connectivity index (χ2v) is 8.88. The molecule has 0 aromatic rings. The standard InChI is InChI=1S/C15H12N4O11S.CH4/c1-3-16-6(20)14(7(16)21)8(22)17(9(14)23)4-18-10(24)15(11(18)25)12(26)19(13(15)27)5(2)31(28,29)30;/h5H,3-4H2,1-2H3,(H,28,29,30);1H4. The van der Waals surface area contributed by atoms with Gasteiger partial charge in [-0.15, -0.1) is 0 Å². The van der Waals surface area contributed by atoms with Crippen LogP contribution in [0.15, 0.2) is 0 Å². The van der Waals surface area contributed by atoms with Crippen LogP contribution in [0.25, 0.3) is 0 Å². The van der Waals surface area contributed by atoms with Crippen molar-refractivity contribution < 1.29 is 51.3 Å². The molecule has 0 saturated carbocycles. The number of nitrogens with zero attached hydrogens (tertiary/aromatic N) is 4. The summed E-state index contributed by atoms with van der Waals surface area (Å²) in [6, 6.07) is 0. The van der Waals surface area contributed by atoms with Gasteiger partial charge in [0.15, 0.2) is 5.37 Å². The number of likely N-dealkylation sites (tertiary alicyclic amines) is 4. The van der Waals surface area contributed by atoms with Gasteiger partial charge in [0.25, 0.3) is 68.2 Å². The predicted molar refractivity (Wildman–Crippen MR) is 95.4 cm³/mol. The number of carbonyl (C=O) groups is 8. The van der Waals surface area contributed by atoms with Crippen molar-refractivity contribution in [2.45, 2.75) is 26.6 Å². The van der Waals surface area contributed by atoms with Gasteiger partial charge in [-0.05, 0) is 13.8 Å². The summed E-state index contributed by atoms with van der Waals surface area (Å²) >= 11 is 0. The van der Waals surface area contributed by atoms with E-state index in [2.05, 4.69) is 0 Å². The molecule has 1 atom stereocenters. The lowest BCUT2D eigenvalue weighted by atomic mass is 9.67. The molecule has 0 aromatic heterocycles. The Morgan fingerprint density at radius 2 is 1.03 bits per heavy atom. The van der Waals surface area contributed by atoms with Crippen LogP contribution in [-0.4, -0.2) is 98.4 Å². The van der Waals surface area contributed by atoms with Gasteiger partial charge in [-0.3, -0.25) is 62.5 Å². The minimum Gasteiger partial charge on any atom is -0.284 e. The Morgan fingerprint density at radius 3 is 1.34 bits per heavy atom. The van der Waals surface area contributed by atoms with Gasteiger partial charge < -0.3 is 0 Å². The third kappa shape index (κ3) is 2.01. The zero-order valence-electron chi connectivity index (χ0n) is 15.7. The fourth-order valence-electron chi connectivity index (χ4n) is 3.98. The largest absolute Gasteiger partial charge is 0.286 e. The molecule has 172 valence electrons. The third-order valence-corrected chi connectivity index (χ3v) is 6.94. The maximum atomic E-state index is 12.4. The first-order valence-corrected chi connectivity index (χ1v) is 10.2. The van der Waals surface area contributed by atoms with Crippen molar-refractivity contribution in [3.05, 3.63) is 0 Å². The quantitative estimate of drug-likeness (QED) is 0.234. The van der Waals surface area contributed by atoms with Gasteiger partial charge in [0.05, 0.1) is 0 Å². The van der Waals surface area contributed by atoms with E-state index in [0.717, 1.165) is 6.92 Å². The van der Waals surface area contributed by atoms with Gasteiger partial charge in [-0.1, -0.05) is 7.43 Å². The summed E-state index contributed by atoms with van der Waals surface area (Å²) in [5.41, 5.74) is -5.36. The number of carbonyl (C=O) groups excluding carboxylic acids is 8. The molecule has 0 radical (unpaired) electrons. The number of hydrogen-bond acceptors (Lipinski definition) is 10. The second-order valence-electron chi connectivity index (χ2n) is 7.17. The molecule has 32 heavy (non-hydrogen) atoms. The molecule has 1 N–H and O–H groups in total. The molecular weight excluding hydrogens is 456 g/mol. The van der Waals surface area contributed by atoms with E-state index < -0.39 is 80.2 Å². The van der Waals surface area contributed by atoms with Gasteiger partial charge >= 0.3 is 0 Å². The van der Waals surface area contributed by atoms with Crippen molar-refractivity contribution in [2.24, 2.45) is 10.8 Å². The van der Waals surface area contributed by atoms with Crippen LogP contribution in [0.2, 0.25) is 0 Å². The SMILES string of the molecule is C.CCN1C(=O)C2(C1=O)C(=O)N(CN1C(=O)C3(C1=O)C(=O)N(C(C)S(=O)(=O)O)C3=O)C2=O. The van der Waals surface area contributed by atoms with Crippen LogP contribution in [0, 0.1) is 10.8 Å². The Kier molecular flexibility index (Phi) is 4.52. The zero-order valence-corrected chi connectivity index (χ0v) is 16.5. The minimum absolute atomic E-state index is 0. The van der Waals surface area contributed by atoms with Gasteiger partial charge in [-0.25, -0.2) is 0 Å². The Labute approximate surface area is 179 Å². The molecule has 16 heteroatoms. The average molecular weight is 472 g/mol. The van der Waals surface area contributed by atoms with Crippen LogP contribution >= 0.6 is 0 Å². The third-order valence-electron chi connectivity index (χ3n) is 5.87. The van der Waals surface area contributed by atoms with Crippen LogP contribution in [0.3, 0.4) is 0 Å². The van der Waals surface area contributed by atoms with E-state index in [-0.39, 0.29) is 28.7 Å². The number of amides is 8. The first-order valence-electron chi connectivity index (χ1n) is 8.66. The number of imide groups is 4. The summed E-state index contributed by atoms with van der Waals surface area (Å²) in [7, 11) is -4.88. The second kappa shape index (κ2) is 6.26. The summed E-state index contributed by atoms with van der Waals surface area (Å²) in [5, 5.41) is -2.04. The lowest BCUT2D eigenvalue weighted by Crippen LogP contribution is -2.88. The van der Waals surface area contributed by atoms with Gasteiger partial charge in [0.2, 0.25) is 0 Å². The van der Waals surface area contributed by atoms with Gasteiger partial charge in [0.1, 0.15) is 6.67 Å². The molecule has 4 aliphatic heterocycles. The monoisotopic (exact) mass is 472 g/mol. The van der Waals surface area contributed by atoms with Crippen LogP contribution in [0.1, 0.15) is 21.3 Å². The van der Waals surface area contributed by atoms with E-state index in [0.29, 0.717) is 4.90 Å². The predicted octanol–water partition coefficient (Wildman–Crippen LogP) is -3.72. The summed E-state index contributed by atoms with van der Waals surface area (Å²) in [6.45, 7) is 1.14. The van der Waals surface area contributed by atoms with Crippen LogP contribution in [-0.2, 0) is 48.5 Å². The number of β-lactam (4-membered cyclic amide) rings is 8. The highest BCUT2D eigenvalue weighted by Crippen LogP contribution is 2.49. The van der Waals surface area contributed by atoms with Crippen LogP contribution < -0.4 is 0 Å². The van der Waals surface area contributed by atoms with Gasteiger partial charge in [-0.2, -0.15) is 8.42 Å². The van der Waals surface area contributed by atoms with E-state index in [9.17, 15) is 46.8 Å². The van der Waals surface area contributed by atoms with Crippen molar-refractivity contribution in [3.8, 4) is 0 Å². The first-order chi connectivity index (χ1) is 14.2. The molecular formula is C16H16N4O11S. The molecule has 8 amide bonds. The molecule has 4 saturated heterocycles. The zero-order chi connectivity index (χ0) is 23.4. The highest BCUT2D eigenvalue weighted by molar-refractivity contribution is 7.86. The lowest BCUT2D eigenvalue weighted by molar-refractivity contribution is -0.206. The van der Waals surface area contributed by atoms with E-state index in [4.69, 9.17) is 4.55 Å². The molecule has 15 nitrogen and oxygen atoms in total. The Hall–Kier alpha value is -3.53. The average Bonchev–Trinajstić information content (AvgIpc) is 2.68. The number of rotatable bonds is 5. The molecule has 2 spiro atoms. The van der Waals surface area contributed by atoms with Crippen molar-refractivity contribution >= 4 is 57.4 Å². The molecule has 4 aliphatic rings. The molecule has 4 heterocycles. The summed E-state index contributed by atoms with van der Waals surface area (Å²) in [4.78, 5) is 99.3. The molecule has 4 rings (SSSR count). The van der Waals surface area contributed by atoms with Crippen molar-refractivity contribution in [3.63, 3.8) is 0 Å². The first kappa shape index (κ1) is 23.1. The maximum Gasteiger partial charge on any atom is 0.286 e. The maximum absolute atomic E-state index is 12.4. The van der Waals surface area contributed by atoms with E-state index in [1.807, 2.05) is 0 Å². The van der Waals surface area contributed by atoms with E-state index in [1.54, 1.807) is 0 Å². The number of hydrogen-bond donors (Lipinski definition) is 1. The highest BCUT2D eigenvalue weighted by atomic mass is 32.2. The highest BCUT2D eigenvalue weighted by Gasteiger charge is 2.84. The van der Waals surface area contributed by atoms with Crippen molar-refractivity contribution in [1.29, 1.82) is 0 Å². The Balaban J connectivity index is 0.00000289. The van der Waals surface area contributed by atoms with Crippen LogP contribution in [0.5, 0.6) is 0 Å². The van der Waals surface area contributed by atoms with Gasteiger partial charge in [0, 0.05) is 6.54 Å². The molecule has 0 aromatic carbocycles. The van der Waals surface area contributed by atoms with Crippen LogP contribution in [0.4, 0.5) is 0 Å². The summed E-state index contributed by atoms with van der Waals surface area (Å²) in [5.74, 6) is -10.3. The minimum atomic E-state index is -4.88. The topological polar surface area (TPSA) is 204 Å². The van der Waals surface area contributed by atoms with E-state index in [1.165, 1.54) is 6.92 Å². The Morgan fingerprint density at radius 1 is 0.719 bits per heavy atom. The van der Waals surface area contributed by atoms with E-state index >= 15 is 0 Å². The van der Waals surface area contributed by atoms with Crippen molar-refractivity contribution in [2.75, 3.05) is 13.2 Å². The smallest absolute Gasteiger partial charge is 0.284 e. The fourth-order valence-corrected chi connectivity index (χ4v) is 4.44. The molecule has 4 fully saturated rings. The fraction of sp³-hybridized carbons (Fsp3) is 0.500. The molecule has 0 aliphatic carbocycles. The summed E-state index contributed by atoms with van der Waals surface area (Å²) in [6.07, 6.45) is 0.